The number of hydrogen-bond acceptors (Lipinski definition) is 7. The molecule has 0 fully saturated rings. The van der Waals surface area contributed by atoms with Crippen LogP contribution >= 0.6 is 11.3 Å². The van der Waals surface area contributed by atoms with E-state index in [1.807, 2.05) is 74.5 Å². The molecule has 42 heavy (non-hydrogen) atoms. The largest absolute Gasteiger partial charge is 0.484 e. The van der Waals surface area contributed by atoms with Gasteiger partial charge in [0.1, 0.15) is 5.75 Å². The van der Waals surface area contributed by atoms with Crippen LogP contribution in [0, 0.1) is 13.8 Å². The standard InChI is InChI=1S/C33H31N3O5S/c1-5-40-32(39)29-22(4)34-33-36(30(29)24-14-10-20(2)11-15-24)31(38)27(42-33)18-23-12-16-25(17-13-23)41-19-28(37)35-26-9-7-6-8-21(26)3/h6-18,30H,5,19H2,1-4H3,(H,35,37)/b27-18+/t30-/m1/s1. The highest BCUT2D eigenvalue weighted by molar-refractivity contribution is 7.07. The van der Waals surface area contributed by atoms with Gasteiger partial charge in [-0.15, -0.1) is 0 Å². The molecule has 0 aliphatic carbocycles. The van der Waals surface area contributed by atoms with Crippen molar-refractivity contribution >= 4 is 35.0 Å². The molecule has 1 aliphatic heterocycles. The lowest BCUT2D eigenvalue weighted by Gasteiger charge is -2.24. The normalized spacial score (nSPS) is 14.7. The number of hydrogen-bond donors (Lipinski definition) is 1. The van der Waals surface area contributed by atoms with Gasteiger partial charge in [0.2, 0.25) is 0 Å². The molecule has 0 radical (unpaired) electrons. The molecule has 3 aromatic carbocycles. The van der Waals surface area contributed by atoms with Gasteiger partial charge in [0.25, 0.3) is 11.5 Å². The van der Waals surface area contributed by atoms with Crippen LogP contribution in [0.25, 0.3) is 6.08 Å². The van der Waals surface area contributed by atoms with Gasteiger partial charge in [-0.1, -0.05) is 71.5 Å². The minimum atomic E-state index is -0.648. The van der Waals surface area contributed by atoms with Gasteiger partial charge in [0, 0.05) is 5.69 Å². The van der Waals surface area contributed by atoms with Crippen LogP contribution < -0.4 is 24.9 Å². The Morgan fingerprint density at radius 1 is 1.00 bits per heavy atom. The number of carbonyl (C=O) groups excluding carboxylic acids is 2. The topological polar surface area (TPSA) is 99.0 Å². The number of amides is 1. The minimum absolute atomic E-state index is 0.132. The number of nitrogens with zero attached hydrogens (tertiary/aromatic N) is 2. The van der Waals surface area contributed by atoms with Crippen molar-refractivity contribution in [3.63, 3.8) is 0 Å². The van der Waals surface area contributed by atoms with Crippen molar-refractivity contribution < 1.29 is 19.1 Å². The second kappa shape index (κ2) is 12.4. The third kappa shape index (κ3) is 6.11. The van der Waals surface area contributed by atoms with Crippen LogP contribution in [-0.4, -0.2) is 29.7 Å². The first kappa shape index (κ1) is 28.8. The molecule has 0 spiro atoms. The van der Waals surface area contributed by atoms with E-state index in [0.717, 1.165) is 27.9 Å². The number of allylic oxidation sites excluding steroid dienone is 1. The Morgan fingerprint density at radius 3 is 2.40 bits per heavy atom. The van der Waals surface area contributed by atoms with Gasteiger partial charge in [-0.3, -0.25) is 14.2 Å². The summed E-state index contributed by atoms with van der Waals surface area (Å²) >= 11 is 1.27. The fourth-order valence-electron chi connectivity index (χ4n) is 4.72. The van der Waals surface area contributed by atoms with Crippen LogP contribution in [0.5, 0.6) is 5.75 Å². The lowest BCUT2D eigenvalue weighted by atomic mass is 9.95. The quantitative estimate of drug-likeness (QED) is 0.311. The predicted octanol–water partition coefficient (Wildman–Crippen LogP) is 4.43. The Morgan fingerprint density at radius 2 is 1.71 bits per heavy atom. The Labute approximate surface area is 247 Å². The molecule has 1 aliphatic rings. The summed E-state index contributed by atoms with van der Waals surface area (Å²) in [5.74, 6) is -0.209. The minimum Gasteiger partial charge on any atom is -0.484 e. The van der Waals surface area contributed by atoms with E-state index in [1.165, 1.54) is 11.3 Å². The van der Waals surface area contributed by atoms with E-state index in [4.69, 9.17) is 9.47 Å². The molecule has 0 unspecified atom stereocenters. The van der Waals surface area contributed by atoms with E-state index in [1.54, 1.807) is 36.6 Å². The zero-order valence-electron chi connectivity index (χ0n) is 23.8. The molecule has 5 rings (SSSR count). The first-order valence-corrected chi connectivity index (χ1v) is 14.4. The number of fused-ring (bicyclic) bond motifs is 1. The SMILES string of the molecule is CCOC(=O)C1=C(C)N=c2s/c(=C/c3ccc(OCC(=O)Nc4ccccc4C)cc3)c(=O)n2[C@@H]1c1ccc(C)cc1. The highest BCUT2D eigenvalue weighted by Crippen LogP contribution is 2.30. The van der Waals surface area contributed by atoms with Crippen molar-refractivity contribution in [3.05, 3.63) is 126 Å². The fraction of sp³-hybridized carbons (Fsp3) is 0.212. The average Bonchev–Trinajstić information content (AvgIpc) is 3.27. The predicted molar refractivity (Wildman–Crippen MR) is 163 cm³/mol. The maximum absolute atomic E-state index is 13.8. The third-order valence-corrected chi connectivity index (χ3v) is 7.86. The number of rotatable bonds is 8. The molecule has 1 amide bonds. The van der Waals surface area contributed by atoms with Crippen molar-refractivity contribution in [2.24, 2.45) is 4.99 Å². The van der Waals surface area contributed by atoms with E-state index in [9.17, 15) is 14.4 Å². The summed E-state index contributed by atoms with van der Waals surface area (Å²) in [4.78, 5) is 44.2. The van der Waals surface area contributed by atoms with E-state index >= 15 is 0 Å². The zero-order valence-corrected chi connectivity index (χ0v) is 24.7. The van der Waals surface area contributed by atoms with E-state index in [0.29, 0.717) is 26.4 Å². The molecule has 4 aromatic rings. The highest BCUT2D eigenvalue weighted by atomic mass is 32.1. The number of thiazole rings is 1. The summed E-state index contributed by atoms with van der Waals surface area (Å²) < 4.78 is 13.1. The zero-order chi connectivity index (χ0) is 29.8. The summed E-state index contributed by atoms with van der Waals surface area (Å²) in [5, 5.41) is 2.85. The summed E-state index contributed by atoms with van der Waals surface area (Å²) in [6, 6.07) is 21.8. The van der Waals surface area contributed by atoms with Crippen molar-refractivity contribution in [2.45, 2.75) is 33.7 Å². The summed E-state index contributed by atoms with van der Waals surface area (Å²) in [7, 11) is 0. The number of anilines is 1. The molecule has 2 heterocycles. The summed E-state index contributed by atoms with van der Waals surface area (Å²) in [6.45, 7) is 7.52. The van der Waals surface area contributed by atoms with Gasteiger partial charge < -0.3 is 14.8 Å². The highest BCUT2D eigenvalue weighted by Gasteiger charge is 2.33. The number of benzene rings is 3. The van der Waals surface area contributed by atoms with E-state index < -0.39 is 12.0 Å². The average molecular weight is 582 g/mol. The van der Waals surface area contributed by atoms with Crippen molar-refractivity contribution in [3.8, 4) is 5.75 Å². The van der Waals surface area contributed by atoms with Crippen molar-refractivity contribution in [2.75, 3.05) is 18.5 Å². The fourth-order valence-corrected chi connectivity index (χ4v) is 5.76. The Kier molecular flexibility index (Phi) is 8.49. The van der Waals surface area contributed by atoms with Crippen LogP contribution in [0.2, 0.25) is 0 Å². The molecule has 0 saturated heterocycles. The molecule has 8 nitrogen and oxygen atoms in total. The third-order valence-electron chi connectivity index (χ3n) is 6.88. The van der Waals surface area contributed by atoms with Crippen LogP contribution in [-0.2, 0) is 14.3 Å². The van der Waals surface area contributed by atoms with Gasteiger partial charge >= 0.3 is 5.97 Å². The monoisotopic (exact) mass is 581 g/mol. The Balaban J connectivity index is 1.40. The molecule has 1 atom stereocenters. The number of nitrogens with one attached hydrogen (secondary N) is 1. The maximum Gasteiger partial charge on any atom is 0.338 e. The van der Waals surface area contributed by atoms with Crippen LogP contribution in [0.1, 0.15) is 42.1 Å². The van der Waals surface area contributed by atoms with Crippen LogP contribution in [0.15, 0.2) is 93.9 Å². The molecule has 9 heteroatoms. The van der Waals surface area contributed by atoms with E-state index in [-0.39, 0.29) is 24.7 Å². The number of esters is 1. The van der Waals surface area contributed by atoms with Gasteiger partial charge in [0.15, 0.2) is 11.4 Å². The van der Waals surface area contributed by atoms with Crippen LogP contribution in [0.3, 0.4) is 0 Å². The van der Waals surface area contributed by atoms with Crippen molar-refractivity contribution in [1.29, 1.82) is 0 Å². The van der Waals surface area contributed by atoms with Gasteiger partial charge in [-0.2, -0.15) is 0 Å². The molecule has 1 N–H and O–H groups in total. The number of carbonyl (C=O) groups is 2. The first-order chi connectivity index (χ1) is 20.2. The second-order valence-electron chi connectivity index (χ2n) is 9.93. The smallest absolute Gasteiger partial charge is 0.338 e. The number of para-hydroxylation sites is 1. The van der Waals surface area contributed by atoms with E-state index in [2.05, 4.69) is 10.3 Å². The number of ether oxygens (including phenoxy) is 2. The molecule has 1 aromatic heterocycles. The maximum atomic E-state index is 13.8. The molecule has 0 bridgehead atoms. The summed E-state index contributed by atoms with van der Waals surface area (Å²) in [5.41, 5.74) is 5.02. The molecular formula is C33H31N3O5S. The van der Waals surface area contributed by atoms with Crippen LogP contribution in [0.4, 0.5) is 5.69 Å². The summed E-state index contributed by atoms with van der Waals surface area (Å²) in [6.07, 6.45) is 1.79. The first-order valence-electron chi connectivity index (χ1n) is 13.6. The van der Waals surface area contributed by atoms with Gasteiger partial charge in [0.05, 0.1) is 28.5 Å². The van der Waals surface area contributed by atoms with Gasteiger partial charge in [-0.05, 0) is 68.7 Å². The second-order valence-corrected chi connectivity index (χ2v) is 10.9. The molecular weight excluding hydrogens is 550 g/mol. The van der Waals surface area contributed by atoms with Gasteiger partial charge in [-0.25, -0.2) is 9.79 Å². The van der Waals surface area contributed by atoms with Crippen molar-refractivity contribution in [1.82, 2.24) is 4.57 Å². The lowest BCUT2D eigenvalue weighted by Crippen LogP contribution is -2.39. The lowest BCUT2D eigenvalue weighted by molar-refractivity contribution is -0.139. The molecule has 0 saturated carbocycles. The Bertz CT molecular complexity index is 1850. The molecule has 214 valence electrons. The number of aromatic nitrogens is 1. The Hall–Kier alpha value is -4.76. The number of aryl methyl sites for hydroxylation is 2.